The van der Waals surface area contributed by atoms with Crippen molar-refractivity contribution in [1.82, 2.24) is 19.2 Å². The number of aryl methyl sites for hydroxylation is 2. The summed E-state index contributed by atoms with van der Waals surface area (Å²) in [7, 11) is 0.0286. The third-order valence-electron chi connectivity index (χ3n) is 6.41. The molecule has 180 valence electrons. The monoisotopic (exact) mass is 475 g/mol. The van der Waals surface area contributed by atoms with Crippen LogP contribution in [0, 0.1) is 13.8 Å². The number of nitrogens with zero attached hydrogens (tertiary/aromatic N) is 5. The number of piperazine rings is 1. The van der Waals surface area contributed by atoms with Crippen LogP contribution >= 0.6 is 0 Å². The number of ether oxygens (including phenoxy) is 2. The summed E-state index contributed by atoms with van der Waals surface area (Å²) >= 11 is 0. The van der Waals surface area contributed by atoms with Crippen LogP contribution in [0.3, 0.4) is 0 Å². The van der Waals surface area contributed by atoms with Crippen LogP contribution in [0.2, 0.25) is 0 Å². The highest BCUT2D eigenvalue weighted by Gasteiger charge is 2.37. The molecule has 0 spiro atoms. The first-order chi connectivity index (χ1) is 15.8. The van der Waals surface area contributed by atoms with Crippen molar-refractivity contribution in [2.75, 3.05) is 58.4 Å². The molecular weight excluding hydrogens is 442 g/mol. The van der Waals surface area contributed by atoms with E-state index < -0.39 is 10.0 Å². The molecule has 1 atom stereocenters. The van der Waals surface area contributed by atoms with E-state index in [9.17, 15) is 8.42 Å². The maximum atomic E-state index is 13.6. The van der Waals surface area contributed by atoms with Crippen LogP contribution in [-0.4, -0.2) is 87.1 Å². The highest BCUT2D eigenvalue weighted by Crippen LogP contribution is 2.32. The number of methoxy groups -OCH3 is 1. The van der Waals surface area contributed by atoms with Crippen LogP contribution in [0.5, 0.6) is 11.8 Å². The van der Waals surface area contributed by atoms with Crippen LogP contribution < -0.4 is 14.4 Å². The zero-order valence-electron chi connectivity index (χ0n) is 19.8. The van der Waals surface area contributed by atoms with E-state index in [1.807, 2.05) is 19.9 Å². The number of benzene rings is 1. The van der Waals surface area contributed by atoms with Crippen molar-refractivity contribution in [2.24, 2.45) is 0 Å². The van der Waals surface area contributed by atoms with Gasteiger partial charge in [0.1, 0.15) is 18.2 Å². The smallest absolute Gasteiger partial charge is 0.318 e. The Labute approximate surface area is 196 Å². The van der Waals surface area contributed by atoms with E-state index >= 15 is 0 Å². The maximum absolute atomic E-state index is 13.6. The van der Waals surface area contributed by atoms with Gasteiger partial charge in [0.15, 0.2) is 0 Å². The highest BCUT2D eigenvalue weighted by molar-refractivity contribution is 7.89. The van der Waals surface area contributed by atoms with Crippen molar-refractivity contribution >= 4 is 15.8 Å². The van der Waals surface area contributed by atoms with Crippen molar-refractivity contribution in [2.45, 2.75) is 37.6 Å². The van der Waals surface area contributed by atoms with Gasteiger partial charge in [-0.3, -0.25) is 0 Å². The van der Waals surface area contributed by atoms with Gasteiger partial charge in [-0.15, -0.1) is 0 Å². The van der Waals surface area contributed by atoms with Crippen LogP contribution in [0.15, 0.2) is 29.3 Å². The van der Waals surface area contributed by atoms with Crippen LogP contribution in [0.25, 0.3) is 0 Å². The molecule has 9 nitrogen and oxygen atoms in total. The third-order valence-corrected chi connectivity index (χ3v) is 8.67. The molecule has 0 radical (unpaired) electrons. The summed E-state index contributed by atoms with van der Waals surface area (Å²) in [6, 6.07) is 5.44. The van der Waals surface area contributed by atoms with E-state index in [1.54, 1.807) is 29.7 Å². The zero-order valence-corrected chi connectivity index (χ0v) is 20.6. The molecule has 0 aliphatic carbocycles. The molecule has 0 unspecified atom stereocenters. The van der Waals surface area contributed by atoms with Gasteiger partial charge in [-0.2, -0.15) is 9.29 Å². The first-order valence-electron chi connectivity index (χ1n) is 11.4. The van der Waals surface area contributed by atoms with Crippen molar-refractivity contribution in [3.05, 3.63) is 35.5 Å². The summed E-state index contributed by atoms with van der Waals surface area (Å²) in [5, 5.41) is 0. The predicted octanol–water partition coefficient (Wildman–Crippen LogP) is 2.09. The molecule has 0 saturated carbocycles. The summed E-state index contributed by atoms with van der Waals surface area (Å²) in [6.45, 7) is 8.09. The Bertz CT molecular complexity index is 1060. The second kappa shape index (κ2) is 9.82. The Morgan fingerprint density at radius 2 is 1.79 bits per heavy atom. The average Bonchev–Trinajstić information content (AvgIpc) is 3.27. The minimum Gasteiger partial charge on any atom is -0.497 e. The quantitative estimate of drug-likeness (QED) is 0.602. The van der Waals surface area contributed by atoms with Gasteiger partial charge in [0, 0.05) is 38.9 Å². The summed E-state index contributed by atoms with van der Waals surface area (Å²) < 4.78 is 39.9. The van der Waals surface area contributed by atoms with Gasteiger partial charge >= 0.3 is 6.01 Å². The first kappa shape index (κ1) is 23.7. The fourth-order valence-corrected chi connectivity index (χ4v) is 6.72. The molecule has 1 aromatic heterocycles. The Morgan fingerprint density at radius 3 is 2.45 bits per heavy atom. The summed E-state index contributed by atoms with van der Waals surface area (Å²) in [5.41, 5.74) is 1.36. The number of aromatic nitrogens is 2. The second-order valence-electron chi connectivity index (χ2n) is 8.80. The van der Waals surface area contributed by atoms with Gasteiger partial charge in [-0.05, 0) is 63.1 Å². The number of anilines is 1. The van der Waals surface area contributed by atoms with Gasteiger partial charge in [-0.1, -0.05) is 0 Å². The highest BCUT2D eigenvalue weighted by atomic mass is 32.2. The number of sulfonamides is 1. The zero-order chi connectivity index (χ0) is 23.6. The SMILES string of the molecule is COc1cc(C)c(S(=O)(=O)N2CCC[C@H]2COc2nccc(N3CCN(C)CC3)n2)c(C)c1. The molecule has 2 aliphatic heterocycles. The summed E-state index contributed by atoms with van der Waals surface area (Å²) in [6.07, 6.45) is 3.23. The minimum atomic E-state index is -3.67. The first-order valence-corrected chi connectivity index (χ1v) is 12.8. The number of hydrogen-bond acceptors (Lipinski definition) is 8. The molecule has 10 heteroatoms. The molecule has 2 aromatic rings. The van der Waals surface area contributed by atoms with Gasteiger partial charge in [-0.25, -0.2) is 13.4 Å². The predicted molar refractivity (Wildman–Crippen MR) is 127 cm³/mol. The fourth-order valence-electron chi connectivity index (χ4n) is 4.63. The van der Waals surface area contributed by atoms with Gasteiger partial charge < -0.3 is 19.3 Å². The lowest BCUT2D eigenvalue weighted by molar-refractivity contribution is 0.218. The molecule has 2 saturated heterocycles. The maximum Gasteiger partial charge on any atom is 0.318 e. The standard InChI is InChI=1S/C23H33N5O4S/c1-17-14-20(31-4)15-18(2)22(17)33(29,30)28-9-5-6-19(28)16-32-23-24-8-7-21(25-23)27-12-10-26(3)11-13-27/h7-8,14-15,19H,5-6,9-13,16H2,1-4H3/t19-/m0/s1. The lowest BCUT2D eigenvalue weighted by Crippen LogP contribution is -2.44. The van der Waals surface area contributed by atoms with E-state index in [0.717, 1.165) is 44.8 Å². The topological polar surface area (TPSA) is 88.1 Å². The van der Waals surface area contributed by atoms with E-state index in [1.165, 1.54) is 0 Å². The molecule has 3 heterocycles. The van der Waals surface area contributed by atoms with E-state index in [-0.39, 0.29) is 18.7 Å². The van der Waals surface area contributed by atoms with E-state index in [0.29, 0.717) is 28.3 Å². The summed E-state index contributed by atoms with van der Waals surface area (Å²) in [4.78, 5) is 13.7. The van der Waals surface area contributed by atoms with Gasteiger partial charge in [0.05, 0.1) is 18.0 Å². The lowest BCUT2D eigenvalue weighted by atomic mass is 10.1. The Hall–Kier alpha value is -2.43. The molecule has 0 bridgehead atoms. The molecule has 4 rings (SSSR count). The Morgan fingerprint density at radius 1 is 1.09 bits per heavy atom. The molecule has 0 amide bonds. The second-order valence-corrected chi connectivity index (χ2v) is 10.6. The van der Waals surface area contributed by atoms with E-state index in [4.69, 9.17) is 9.47 Å². The molecule has 1 aromatic carbocycles. The molecule has 0 N–H and O–H groups in total. The minimum absolute atomic E-state index is 0.222. The largest absolute Gasteiger partial charge is 0.497 e. The van der Waals surface area contributed by atoms with Crippen molar-refractivity contribution in [1.29, 1.82) is 0 Å². The van der Waals surface area contributed by atoms with E-state index in [2.05, 4.69) is 26.8 Å². The normalized spacial score (nSPS) is 20.2. The van der Waals surface area contributed by atoms with Crippen LogP contribution in [0.1, 0.15) is 24.0 Å². The number of likely N-dealkylation sites (N-methyl/N-ethyl adjacent to an activating group) is 1. The fraction of sp³-hybridized carbons (Fsp3) is 0.565. The van der Waals surface area contributed by atoms with Crippen molar-refractivity contribution in [3.8, 4) is 11.8 Å². The van der Waals surface area contributed by atoms with Crippen LogP contribution in [-0.2, 0) is 10.0 Å². The molecule has 2 aliphatic rings. The molecular formula is C23H33N5O4S. The lowest BCUT2D eigenvalue weighted by Gasteiger charge is -2.33. The molecule has 2 fully saturated rings. The average molecular weight is 476 g/mol. The Balaban J connectivity index is 1.47. The van der Waals surface area contributed by atoms with Gasteiger partial charge in [0.25, 0.3) is 0 Å². The van der Waals surface area contributed by atoms with Crippen LogP contribution in [0.4, 0.5) is 5.82 Å². The molecule has 33 heavy (non-hydrogen) atoms. The number of rotatable bonds is 7. The number of hydrogen-bond donors (Lipinski definition) is 0. The van der Waals surface area contributed by atoms with Crippen molar-refractivity contribution < 1.29 is 17.9 Å². The summed E-state index contributed by atoms with van der Waals surface area (Å²) in [5.74, 6) is 1.50. The Kier molecular flexibility index (Phi) is 7.06. The van der Waals surface area contributed by atoms with Gasteiger partial charge in [0.2, 0.25) is 10.0 Å². The third kappa shape index (κ3) is 5.07. The van der Waals surface area contributed by atoms with Crippen molar-refractivity contribution in [3.63, 3.8) is 0 Å².